The summed E-state index contributed by atoms with van der Waals surface area (Å²) in [4.78, 5) is 26.5. The van der Waals surface area contributed by atoms with Crippen LogP contribution in [0.15, 0.2) is 0 Å². The first kappa shape index (κ1) is 21.2. The maximum atomic E-state index is 12.3. The molecule has 2 aliphatic rings. The number of likely N-dealkylation sites (tertiary alicyclic amines) is 1. The zero-order valence-electron chi connectivity index (χ0n) is 16.8. The Kier molecular flexibility index (Phi) is 8.89. The number of rotatable bonds is 9. The van der Waals surface area contributed by atoms with Crippen molar-refractivity contribution in [3.8, 4) is 0 Å². The zero-order chi connectivity index (χ0) is 18.9. The highest BCUT2D eigenvalue weighted by Crippen LogP contribution is 2.28. The van der Waals surface area contributed by atoms with Gasteiger partial charge in [-0.25, -0.2) is 0 Å². The van der Waals surface area contributed by atoms with E-state index in [4.69, 9.17) is 5.73 Å². The number of nitrogens with zero attached hydrogens (tertiary/aromatic N) is 1. The Morgan fingerprint density at radius 1 is 1.08 bits per heavy atom. The number of amides is 2. The molecule has 1 aliphatic heterocycles. The second-order valence-corrected chi connectivity index (χ2v) is 8.69. The fourth-order valence-corrected chi connectivity index (χ4v) is 4.31. The number of nitrogens with one attached hydrogen (secondary N) is 1. The van der Waals surface area contributed by atoms with Gasteiger partial charge in [-0.3, -0.25) is 9.59 Å². The highest BCUT2D eigenvalue weighted by molar-refractivity contribution is 5.78. The number of nitrogens with two attached hydrogens (primary N) is 1. The van der Waals surface area contributed by atoms with Crippen LogP contribution >= 0.6 is 0 Å². The molecule has 0 aromatic rings. The van der Waals surface area contributed by atoms with Gasteiger partial charge in [-0.15, -0.1) is 0 Å². The molecule has 1 heterocycles. The van der Waals surface area contributed by atoms with Crippen molar-refractivity contribution in [2.24, 2.45) is 29.4 Å². The van der Waals surface area contributed by atoms with E-state index in [0.29, 0.717) is 30.1 Å². The largest absolute Gasteiger partial charge is 0.356 e. The minimum atomic E-state index is 0.184. The van der Waals surface area contributed by atoms with Crippen molar-refractivity contribution in [1.82, 2.24) is 10.2 Å². The van der Waals surface area contributed by atoms with Gasteiger partial charge < -0.3 is 16.0 Å². The van der Waals surface area contributed by atoms with E-state index < -0.39 is 0 Å². The van der Waals surface area contributed by atoms with Crippen LogP contribution in [0.2, 0.25) is 0 Å². The third-order valence-electron chi connectivity index (χ3n) is 6.44. The van der Waals surface area contributed by atoms with E-state index in [1.807, 2.05) is 4.90 Å². The van der Waals surface area contributed by atoms with Crippen molar-refractivity contribution in [2.75, 3.05) is 26.2 Å². The van der Waals surface area contributed by atoms with Crippen molar-refractivity contribution in [2.45, 2.75) is 71.6 Å². The molecule has 1 saturated carbocycles. The standard InChI is InChI=1S/C21H39N3O2/c1-16(2)19-11-13-24(15-19)20(25)6-4-3-5-12-23-21(26)18-9-7-17(14-22)8-10-18/h16-19H,3-15,22H2,1-2H3,(H,23,26). The van der Waals surface area contributed by atoms with Crippen LogP contribution in [0.4, 0.5) is 0 Å². The average molecular weight is 366 g/mol. The summed E-state index contributed by atoms with van der Waals surface area (Å²) < 4.78 is 0. The lowest BCUT2D eigenvalue weighted by atomic mass is 9.81. The molecule has 5 nitrogen and oxygen atoms in total. The molecule has 1 unspecified atom stereocenters. The van der Waals surface area contributed by atoms with E-state index in [-0.39, 0.29) is 11.8 Å². The topological polar surface area (TPSA) is 75.4 Å². The van der Waals surface area contributed by atoms with Crippen molar-refractivity contribution in [1.29, 1.82) is 0 Å². The summed E-state index contributed by atoms with van der Waals surface area (Å²) in [6.45, 7) is 7.86. The number of hydrogen-bond donors (Lipinski definition) is 2. The molecule has 1 saturated heterocycles. The number of carbonyl (C=O) groups excluding carboxylic acids is 2. The molecule has 1 atom stereocenters. The van der Waals surface area contributed by atoms with Gasteiger partial charge in [0.05, 0.1) is 0 Å². The normalized spacial score (nSPS) is 26.3. The summed E-state index contributed by atoms with van der Waals surface area (Å²) >= 11 is 0. The lowest BCUT2D eigenvalue weighted by Crippen LogP contribution is -2.34. The average Bonchev–Trinajstić information content (AvgIpc) is 3.15. The minimum absolute atomic E-state index is 0.184. The Balaban J connectivity index is 1.49. The van der Waals surface area contributed by atoms with Gasteiger partial charge in [0.1, 0.15) is 0 Å². The molecule has 0 spiro atoms. The molecule has 0 aromatic heterocycles. The van der Waals surface area contributed by atoms with Gasteiger partial charge in [0.2, 0.25) is 11.8 Å². The minimum Gasteiger partial charge on any atom is -0.356 e. The Bertz CT molecular complexity index is 445. The molecule has 0 aromatic carbocycles. The van der Waals surface area contributed by atoms with E-state index in [0.717, 1.165) is 77.5 Å². The first-order chi connectivity index (χ1) is 12.5. The Morgan fingerprint density at radius 2 is 1.81 bits per heavy atom. The predicted molar refractivity (Wildman–Crippen MR) is 106 cm³/mol. The van der Waals surface area contributed by atoms with E-state index in [2.05, 4.69) is 19.2 Å². The van der Waals surface area contributed by atoms with Gasteiger partial charge in [-0.2, -0.15) is 0 Å². The Labute approximate surface area is 159 Å². The molecule has 2 amide bonds. The second kappa shape index (κ2) is 10.9. The van der Waals surface area contributed by atoms with Crippen LogP contribution in [0.5, 0.6) is 0 Å². The first-order valence-corrected chi connectivity index (χ1v) is 10.8. The summed E-state index contributed by atoms with van der Waals surface area (Å²) in [5.74, 6) is 2.67. The van der Waals surface area contributed by atoms with E-state index in [1.54, 1.807) is 0 Å². The van der Waals surface area contributed by atoms with E-state index in [1.165, 1.54) is 0 Å². The van der Waals surface area contributed by atoms with Gasteiger partial charge in [0.15, 0.2) is 0 Å². The highest BCUT2D eigenvalue weighted by atomic mass is 16.2. The van der Waals surface area contributed by atoms with Crippen LogP contribution in [-0.4, -0.2) is 42.9 Å². The quantitative estimate of drug-likeness (QED) is 0.617. The first-order valence-electron chi connectivity index (χ1n) is 10.8. The van der Waals surface area contributed by atoms with Crippen molar-refractivity contribution < 1.29 is 9.59 Å². The number of hydrogen-bond acceptors (Lipinski definition) is 3. The lowest BCUT2D eigenvalue weighted by Gasteiger charge is -2.26. The van der Waals surface area contributed by atoms with Crippen LogP contribution in [0.1, 0.15) is 71.6 Å². The highest BCUT2D eigenvalue weighted by Gasteiger charge is 2.27. The van der Waals surface area contributed by atoms with Gasteiger partial charge in [0.25, 0.3) is 0 Å². The summed E-state index contributed by atoms with van der Waals surface area (Å²) in [5, 5.41) is 3.08. The fraction of sp³-hybridized carbons (Fsp3) is 0.905. The summed E-state index contributed by atoms with van der Waals surface area (Å²) in [5.41, 5.74) is 5.70. The SMILES string of the molecule is CC(C)C1CCN(C(=O)CCCCCNC(=O)C2CCC(CN)CC2)C1. The van der Waals surface area contributed by atoms with Gasteiger partial charge in [-0.05, 0) is 69.2 Å². The smallest absolute Gasteiger partial charge is 0.223 e. The lowest BCUT2D eigenvalue weighted by molar-refractivity contribution is -0.130. The predicted octanol–water partition coefficient (Wildman–Crippen LogP) is 2.93. The molecule has 150 valence electrons. The maximum Gasteiger partial charge on any atom is 0.223 e. The fourth-order valence-electron chi connectivity index (χ4n) is 4.31. The molecule has 3 N–H and O–H groups in total. The van der Waals surface area contributed by atoms with Crippen LogP contribution < -0.4 is 11.1 Å². The molecule has 2 rings (SSSR count). The molecule has 0 radical (unpaired) electrons. The summed E-state index contributed by atoms with van der Waals surface area (Å²) in [7, 11) is 0. The van der Waals surface area contributed by atoms with Crippen LogP contribution in [0.3, 0.4) is 0 Å². The molecular formula is C21H39N3O2. The molecule has 1 aliphatic carbocycles. The monoisotopic (exact) mass is 365 g/mol. The third kappa shape index (κ3) is 6.57. The van der Waals surface area contributed by atoms with Gasteiger partial charge in [0, 0.05) is 32.0 Å². The van der Waals surface area contributed by atoms with E-state index >= 15 is 0 Å². The van der Waals surface area contributed by atoms with Crippen LogP contribution in [0, 0.1) is 23.7 Å². The second-order valence-electron chi connectivity index (χ2n) is 8.69. The summed E-state index contributed by atoms with van der Waals surface area (Å²) in [6, 6.07) is 0. The number of unbranched alkanes of at least 4 members (excludes halogenated alkanes) is 2. The van der Waals surface area contributed by atoms with Gasteiger partial charge in [-0.1, -0.05) is 20.3 Å². The number of carbonyl (C=O) groups is 2. The van der Waals surface area contributed by atoms with Crippen LogP contribution in [0.25, 0.3) is 0 Å². The van der Waals surface area contributed by atoms with Crippen molar-refractivity contribution in [3.63, 3.8) is 0 Å². The molecular weight excluding hydrogens is 326 g/mol. The third-order valence-corrected chi connectivity index (χ3v) is 6.44. The zero-order valence-corrected chi connectivity index (χ0v) is 16.8. The molecule has 0 bridgehead atoms. The van der Waals surface area contributed by atoms with Crippen LogP contribution in [-0.2, 0) is 9.59 Å². The van der Waals surface area contributed by atoms with Gasteiger partial charge >= 0.3 is 0 Å². The molecule has 5 heteroatoms. The Hall–Kier alpha value is -1.10. The van der Waals surface area contributed by atoms with E-state index in [9.17, 15) is 9.59 Å². The maximum absolute atomic E-state index is 12.3. The molecule has 26 heavy (non-hydrogen) atoms. The van der Waals surface area contributed by atoms with Crippen molar-refractivity contribution >= 4 is 11.8 Å². The summed E-state index contributed by atoms with van der Waals surface area (Å²) in [6.07, 6.45) is 8.85. The Morgan fingerprint density at radius 3 is 2.42 bits per heavy atom. The van der Waals surface area contributed by atoms with Crippen molar-refractivity contribution in [3.05, 3.63) is 0 Å². The molecule has 2 fully saturated rings.